The molecule has 5 nitrogen and oxygen atoms in total. The summed E-state index contributed by atoms with van der Waals surface area (Å²) in [6, 6.07) is 5.18. The molecule has 1 N–H and O–H groups in total. The van der Waals surface area contributed by atoms with E-state index in [1.807, 2.05) is 13.0 Å². The number of amides is 1. The molecular weight excluding hydrogens is 206 g/mol. The number of aromatic nitrogens is 2. The van der Waals surface area contributed by atoms with Crippen molar-refractivity contribution in [2.75, 3.05) is 5.32 Å². The molecule has 82 valence electrons. The van der Waals surface area contributed by atoms with Crippen LogP contribution in [0.3, 0.4) is 0 Å². The van der Waals surface area contributed by atoms with Crippen molar-refractivity contribution >= 4 is 11.7 Å². The van der Waals surface area contributed by atoms with Crippen molar-refractivity contribution in [1.29, 1.82) is 0 Å². The Kier molecular flexibility index (Phi) is 2.68. The van der Waals surface area contributed by atoms with Gasteiger partial charge in [-0.3, -0.25) is 4.79 Å². The third-order valence-electron chi connectivity index (χ3n) is 2.01. The van der Waals surface area contributed by atoms with E-state index in [0.29, 0.717) is 11.6 Å². The Morgan fingerprint density at radius 3 is 2.75 bits per heavy atom. The lowest BCUT2D eigenvalue weighted by molar-refractivity contribution is 0.101. The number of nitrogens with one attached hydrogen (secondary N) is 1. The first kappa shape index (κ1) is 10.4. The Morgan fingerprint density at radius 1 is 1.38 bits per heavy atom. The average Bonchev–Trinajstić information content (AvgIpc) is 2.68. The second-order valence-corrected chi connectivity index (χ2v) is 3.50. The first-order valence-corrected chi connectivity index (χ1v) is 4.82. The largest absolute Gasteiger partial charge is 0.361 e. The predicted molar refractivity (Wildman–Crippen MR) is 58.2 cm³/mol. The van der Waals surface area contributed by atoms with Gasteiger partial charge in [0, 0.05) is 12.3 Å². The highest BCUT2D eigenvalue weighted by Crippen LogP contribution is 2.07. The monoisotopic (exact) mass is 217 g/mol. The van der Waals surface area contributed by atoms with E-state index in [4.69, 9.17) is 4.52 Å². The molecule has 0 aliphatic carbocycles. The minimum Gasteiger partial charge on any atom is -0.361 e. The Bertz CT molecular complexity index is 502. The van der Waals surface area contributed by atoms with Crippen LogP contribution in [0, 0.1) is 13.8 Å². The molecule has 5 heteroatoms. The number of rotatable bonds is 2. The number of hydrogen-bond donors (Lipinski definition) is 1. The summed E-state index contributed by atoms with van der Waals surface area (Å²) >= 11 is 0. The van der Waals surface area contributed by atoms with E-state index in [0.717, 1.165) is 5.56 Å². The van der Waals surface area contributed by atoms with Crippen molar-refractivity contribution < 1.29 is 9.32 Å². The summed E-state index contributed by atoms with van der Waals surface area (Å²) in [5.41, 5.74) is 1.29. The molecule has 0 aromatic carbocycles. The highest BCUT2D eigenvalue weighted by Gasteiger charge is 2.11. The molecule has 0 radical (unpaired) electrons. The van der Waals surface area contributed by atoms with Crippen LogP contribution in [0.5, 0.6) is 0 Å². The molecule has 2 heterocycles. The van der Waals surface area contributed by atoms with E-state index in [2.05, 4.69) is 15.5 Å². The molecule has 0 atom stereocenters. The molecule has 2 aromatic rings. The minimum atomic E-state index is -0.326. The molecule has 0 saturated carbocycles. The SMILES string of the molecule is Cc1ccc(NC(=O)c2cc(C)on2)nc1. The maximum Gasteiger partial charge on any atom is 0.279 e. The van der Waals surface area contributed by atoms with Gasteiger partial charge in [-0.05, 0) is 25.5 Å². The van der Waals surface area contributed by atoms with E-state index < -0.39 is 0 Å². The van der Waals surface area contributed by atoms with Crippen LogP contribution >= 0.6 is 0 Å². The summed E-state index contributed by atoms with van der Waals surface area (Å²) in [4.78, 5) is 15.7. The number of carbonyl (C=O) groups is 1. The van der Waals surface area contributed by atoms with Crippen molar-refractivity contribution in [3.8, 4) is 0 Å². The lowest BCUT2D eigenvalue weighted by Crippen LogP contribution is -2.13. The fourth-order valence-corrected chi connectivity index (χ4v) is 1.20. The van der Waals surface area contributed by atoms with Crippen molar-refractivity contribution in [3.05, 3.63) is 41.4 Å². The molecule has 16 heavy (non-hydrogen) atoms. The summed E-state index contributed by atoms with van der Waals surface area (Å²) in [5, 5.41) is 6.24. The minimum absolute atomic E-state index is 0.250. The number of pyridine rings is 1. The second kappa shape index (κ2) is 4.14. The number of hydrogen-bond acceptors (Lipinski definition) is 4. The van der Waals surface area contributed by atoms with Crippen LogP contribution in [-0.4, -0.2) is 16.0 Å². The van der Waals surface area contributed by atoms with Gasteiger partial charge in [0.05, 0.1) is 0 Å². The fourth-order valence-electron chi connectivity index (χ4n) is 1.20. The topological polar surface area (TPSA) is 68.0 Å². The smallest absolute Gasteiger partial charge is 0.279 e. The van der Waals surface area contributed by atoms with Crippen molar-refractivity contribution in [3.63, 3.8) is 0 Å². The molecule has 2 aromatic heterocycles. The highest BCUT2D eigenvalue weighted by atomic mass is 16.5. The summed E-state index contributed by atoms with van der Waals surface area (Å²) < 4.78 is 4.81. The van der Waals surface area contributed by atoms with Crippen LogP contribution in [-0.2, 0) is 0 Å². The van der Waals surface area contributed by atoms with Crippen LogP contribution in [0.4, 0.5) is 5.82 Å². The molecule has 0 aliphatic rings. The zero-order valence-corrected chi connectivity index (χ0v) is 9.02. The predicted octanol–water partition coefficient (Wildman–Crippen LogP) is 1.94. The number of anilines is 1. The average molecular weight is 217 g/mol. The van der Waals surface area contributed by atoms with Gasteiger partial charge in [0.25, 0.3) is 5.91 Å². The van der Waals surface area contributed by atoms with Gasteiger partial charge in [-0.25, -0.2) is 4.98 Å². The Morgan fingerprint density at radius 2 is 2.19 bits per heavy atom. The second-order valence-electron chi connectivity index (χ2n) is 3.50. The Labute approximate surface area is 92.5 Å². The number of nitrogens with zero attached hydrogens (tertiary/aromatic N) is 2. The van der Waals surface area contributed by atoms with Crippen LogP contribution < -0.4 is 5.32 Å². The molecule has 2 rings (SSSR count). The summed E-state index contributed by atoms with van der Waals surface area (Å²) in [5.74, 6) is 0.770. The molecular formula is C11H11N3O2. The van der Waals surface area contributed by atoms with Crippen molar-refractivity contribution in [2.24, 2.45) is 0 Å². The van der Waals surface area contributed by atoms with Gasteiger partial charge in [-0.1, -0.05) is 11.2 Å². The zero-order valence-electron chi connectivity index (χ0n) is 9.02. The molecule has 0 saturated heterocycles. The third-order valence-corrected chi connectivity index (χ3v) is 2.01. The molecule has 0 unspecified atom stereocenters. The summed E-state index contributed by atoms with van der Waals surface area (Å²) in [7, 11) is 0. The highest BCUT2D eigenvalue weighted by molar-refractivity contribution is 6.02. The van der Waals surface area contributed by atoms with Gasteiger partial charge in [0.1, 0.15) is 11.6 Å². The van der Waals surface area contributed by atoms with Gasteiger partial charge in [-0.15, -0.1) is 0 Å². The first-order valence-electron chi connectivity index (χ1n) is 4.82. The molecule has 0 fully saturated rings. The van der Waals surface area contributed by atoms with Gasteiger partial charge in [-0.2, -0.15) is 0 Å². The maximum absolute atomic E-state index is 11.6. The van der Waals surface area contributed by atoms with Gasteiger partial charge < -0.3 is 9.84 Å². The van der Waals surface area contributed by atoms with Crippen molar-refractivity contribution in [1.82, 2.24) is 10.1 Å². The third kappa shape index (κ3) is 2.25. The lowest BCUT2D eigenvalue weighted by Gasteiger charge is -2.01. The van der Waals surface area contributed by atoms with E-state index in [1.165, 1.54) is 0 Å². The number of aryl methyl sites for hydroxylation is 2. The normalized spacial score (nSPS) is 10.1. The van der Waals surface area contributed by atoms with Crippen LogP contribution in [0.2, 0.25) is 0 Å². The van der Waals surface area contributed by atoms with Crippen LogP contribution in [0.25, 0.3) is 0 Å². The van der Waals surface area contributed by atoms with Gasteiger partial charge in [0.2, 0.25) is 0 Å². The standard InChI is InChI=1S/C11H11N3O2/c1-7-3-4-10(12-6-7)13-11(15)9-5-8(2)16-14-9/h3-6H,1-2H3,(H,12,13,15). The fraction of sp³-hybridized carbons (Fsp3) is 0.182. The van der Waals surface area contributed by atoms with Crippen molar-refractivity contribution in [2.45, 2.75) is 13.8 Å². The first-order chi connectivity index (χ1) is 7.65. The number of carbonyl (C=O) groups excluding carboxylic acids is 1. The van der Waals surface area contributed by atoms with E-state index in [9.17, 15) is 4.79 Å². The summed E-state index contributed by atoms with van der Waals surface area (Å²) in [6.45, 7) is 3.66. The maximum atomic E-state index is 11.6. The Balaban J connectivity index is 2.10. The van der Waals surface area contributed by atoms with Crippen LogP contribution in [0.1, 0.15) is 21.8 Å². The molecule has 0 aliphatic heterocycles. The lowest BCUT2D eigenvalue weighted by atomic mass is 10.3. The zero-order chi connectivity index (χ0) is 11.5. The van der Waals surface area contributed by atoms with E-state index >= 15 is 0 Å². The molecule has 0 bridgehead atoms. The van der Waals surface area contributed by atoms with Crippen LogP contribution in [0.15, 0.2) is 28.9 Å². The van der Waals surface area contributed by atoms with E-state index in [1.54, 1.807) is 25.3 Å². The van der Waals surface area contributed by atoms with E-state index in [-0.39, 0.29) is 11.6 Å². The molecule has 1 amide bonds. The van der Waals surface area contributed by atoms with Gasteiger partial charge >= 0.3 is 0 Å². The summed E-state index contributed by atoms with van der Waals surface area (Å²) in [6.07, 6.45) is 1.68. The quantitative estimate of drug-likeness (QED) is 0.834. The van der Waals surface area contributed by atoms with Gasteiger partial charge in [0.15, 0.2) is 5.69 Å². The Hall–Kier alpha value is -2.17. The molecule has 0 spiro atoms.